The number of amides is 1. The molecule has 10 nitrogen and oxygen atoms in total. The Bertz CT molecular complexity index is 1580. The number of benzene rings is 2. The highest BCUT2D eigenvalue weighted by Crippen LogP contribution is 2.45. The number of rotatable bonds is 8. The summed E-state index contributed by atoms with van der Waals surface area (Å²) in [5, 5.41) is 8.91. The first-order chi connectivity index (χ1) is 20.4. The summed E-state index contributed by atoms with van der Waals surface area (Å²) in [7, 11) is 2.08. The summed E-state index contributed by atoms with van der Waals surface area (Å²) in [6.45, 7) is 7.97. The van der Waals surface area contributed by atoms with Crippen LogP contribution < -0.4 is 0 Å². The summed E-state index contributed by atoms with van der Waals surface area (Å²) in [5.74, 6) is 0.706. The van der Waals surface area contributed by atoms with Crippen LogP contribution in [0.1, 0.15) is 53.4 Å². The van der Waals surface area contributed by atoms with Crippen molar-refractivity contribution >= 4 is 11.9 Å². The summed E-state index contributed by atoms with van der Waals surface area (Å²) in [4.78, 5) is 34.5. The predicted octanol–water partition coefficient (Wildman–Crippen LogP) is 4.33. The number of carbonyl (C=O) groups is 2. The number of carbonyl (C=O) groups excluding carboxylic acids is 2. The summed E-state index contributed by atoms with van der Waals surface area (Å²) in [5.41, 5.74) is 4.43. The third-order valence-electron chi connectivity index (χ3n) is 8.49. The van der Waals surface area contributed by atoms with E-state index in [9.17, 15) is 9.59 Å². The van der Waals surface area contributed by atoms with E-state index in [1.807, 2.05) is 78.0 Å². The molecule has 0 N–H and O–H groups in total. The Morgan fingerprint density at radius 1 is 1.02 bits per heavy atom. The van der Waals surface area contributed by atoms with E-state index in [1.54, 1.807) is 0 Å². The van der Waals surface area contributed by atoms with Gasteiger partial charge in [-0.3, -0.25) is 14.3 Å². The molecule has 3 heterocycles. The lowest BCUT2D eigenvalue weighted by Gasteiger charge is -2.39. The Hall–Kier alpha value is -4.31. The van der Waals surface area contributed by atoms with Crippen LogP contribution in [0.2, 0.25) is 0 Å². The van der Waals surface area contributed by atoms with Gasteiger partial charge in [-0.05, 0) is 63.1 Å². The van der Waals surface area contributed by atoms with Gasteiger partial charge in [-0.25, -0.2) is 0 Å². The molecule has 1 saturated carbocycles. The topological polar surface area (TPSA) is 107 Å². The van der Waals surface area contributed by atoms with Crippen molar-refractivity contribution in [1.82, 2.24) is 29.7 Å². The summed E-state index contributed by atoms with van der Waals surface area (Å²) >= 11 is 0. The zero-order chi connectivity index (χ0) is 29.3. The molecule has 0 radical (unpaired) electrons. The first kappa shape index (κ1) is 27.8. The van der Waals surface area contributed by atoms with Crippen molar-refractivity contribution in [3.8, 4) is 23.0 Å². The minimum absolute atomic E-state index is 0.0676. The molecule has 42 heavy (non-hydrogen) atoms. The van der Waals surface area contributed by atoms with Gasteiger partial charge in [-0.15, -0.1) is 0 Å². The maximum absolute atomic E-state index is 13.1. The number of hydrogen-bond donors (Lipinski definition) is 0. The summed E-state index contributed by atoms with van der Waals surface area (Å²) in [6, 6.07) is 17.4. The second-order valence-corrected chi connectivity index (χ2v) is 11.3. The average Bonchev–Trinajstić information content (AvgIpc) is 3.60. The van der Waals surface area contributed by atoms with Crippen LogP contribution in [0.25, 0.3) is 23.0 Å². The number of nitrogens with zero attached hydrogens (tertiary/aromatic N) is 6. The quantitative estimate of drug-likeness (QED) is 0.289. The Labute approximate surface area is 245 Å². The molecule has 0 spiro atoms. The zero-order valence-corrected chi connectivity index (χ0v) is 24.4. The first-order valence-corrected chi connectivity index (χ1v) is 14.6. The van der Waals surface area contributed by atoms with E-state index in [-0.39, 0.29) is 11.9 Å². The molecule has 4 aromatic rings. The Kier molecular flexibility index (Phi) is 7.64. The maximum Gasteiger partial charge on any atom is 0.316 e. The van der Waals surface area contributed by atoms with Gasteiger partial charge in [-0.2, -0.15) is 10.1 Å². The molecular weight excluding hydrogens is 532 g/mol. The van der Waals surface area contributed by atoms with Gasteiger partial charge in [0.2, 0.25) is 5.82 Å². The maximum atomic E-state index is 13.1. The third-order valence-corrected chi connectivity index (χ3v) is 8.49. The minimum Gasteiger partial charge on any atom is -0.465 e. The van der Waals surface area contributed by atoms with Crippen molar-refractivity contribution in [3.05, 3.63) is 77.0 Å². The van der Waals surface area contributed by atoms with Crippen LogP contribution in [-0.2, 0) is 21.5 Å². The highest BCUT2D eigenvalue weighted by molar-refractivity contribution is 5.94. The molecule has 6 rings (SSSR count). The zero-order valence-electron chi connectivity index (χ0n) is 24.4. The van der Waals surface area contributed by atoms with Gasteiger partial charge in [0.25, 0.3) is 11.8 Å². The number of piperazine rings is 1. The normalized spacial score (nSPS) is 16.7. The van der Waals surface area contributed by atoms with Crippen molar-refractivity contribution in [2.75, 3.05) is 39.8 Å². The first-order valence-electron chi connectivity index (χ1n) is 14.6. The number of likely N-dealkylation sites (N-methyl/N-ethyl adjacent to an activating group) is 1. The molecule has 2 fully saturated rings. The standard InChI is InChI=1S/C32H36N6O4/c1-4-41-31(40)32(13-6-14-32)26-11-9-24(10-12-26)28-33-29(42-35-28)27-19-22(2)38(34-27)21-23-7-5-8-25(20-23)30(39)37-17-15-36(3)16-18-37/h5,7-12,19-20H,4,6,13-18,21H2,1-3H3. The van der Waals surface area contributed by atoms with Crippen LogP contribution in [0.3, 0.4) is 0 Å². The molecule has 2 aromatic carbocycles. The summed E-state index contributed by atoms with van der Waals surface area (Å²) < 4.78 is 12.8. The van der Waals surface area contributed by atoms with E-state index < -0.39 is 5.41 Å². The largest absolute Gasteiger partial charge is 0.465 e. The SMILES string of the molecule is CCOC(=O)C1(c2ccc(-c3noc(-c4cc(C)n(Cc5cccc(C(=O)N6CCN(C)CC6)c5)n4)n3)cc2)CCC1. The van der Waals surface area contributed by atoms with E-state index in [1.165, 1.54) is 0 Å². The molecule has 0 atom stereocenters. The highest BCUT2D eigenvalue weighted by atomic mass is 16.5. The monoisotopic (exact) mass is 568 g/mol. The molecule has 1 saturated heterocycles. The summed E-state index contributed by atoms with van der Waals surface area (Å²) in [6.07, 6.45) is 2.62. The van der Waals surface area contributed by atoms with Gasteiger partial charge in [0.15, 0.2) is 5.69 Å². The van der Waals surface area contributed by atoms with Crippen LogP contribution in [0.15, 0.2) is 59.1 Å². The van der Waals surface area contributed by atoms with E-state index in [2.05, 4.69) is 22.1 Å². The van der Waals surface area contributed by atoms with Crippen LogP contribution >= 0.6 is 0 Å². The fraction of sp³-hybridized carbons (Fsp3) is 0.406. The lowest BCUT2D eigenvalue weighted by Crippen LogP contribution is -2.47. The van der Waals surface area contributed by atoms with Crippen molar-refractivity contribution in [2.24, 2.45) is 0 Å². The van der Waals surface area contributed by atoms with Gasteiger partial charge < -0.3 is 19.1 Å². The highest BCUT2D eigenvalue weighted by Gasteiger charge is 2.47. The van der Waals surface area contributed by atoms with E-state index >= 15 is 0 Å². The number of ether oxygens (including phenoxy) is 1. The van der Waals surface area contributed by atoms with Crippen molar-refractivity contribution in [3.63, 3.8) is 0 Å². The van der Waals surface area contributed by atoms with Crippen LogP contribution in [0, 0.1) is 6.92 Å². The van der Waals surface area contributed by atoms with Crippen molar-refractivity contribution in [1.29, 1.82) is 0 Å². The van der Waals surface area contributed by atoms with Crippen LogP contribution in [0.5, 0.6) is 0 Å². The third kappa shape index (κ3) is 5.34. The van der Waals surface area contributed by atoms with Gasteiger partial charge >= 0.3 is 5.97 Å². The van der Waals surface area contributed by atoms with Gasteiger partial charge in [-0.1, -0.05) is 48.0 Å². The minimum atomic E-state index is -0.543. The van der Waals surface area contributed by atoms with Gasteiger partial charge in [0, 0.05) is 43.0 Å². The second-order valence-electron chi connectivity index (χ2n) is 11.3. The lowest BCUT2D eigenvalue weighted by molar-refractivity contribution is -0.153. The molecule has 0 unspecified atom stereocenters. The van der Waals surface area contributed by atoms with E-state index in [4.69, 9.17) is 14.4 Å². The predicted molar refractivity (Wildman–Crippen MR) is 157 cm³/mol. The Morgan fingerprint density at radius 2 is 1.79 bits per heavy atom. The van der Waals surface area contributed by atoms with Crippen molar-refractivity contribution in [2.45, 2.75) is 45.1 Å². The Morgan fingerprint density at radius 3 is 2.48 bits per heavy atom. The number of aryl methyl sites for hydroxylation is 1. The molecule has 0 bridgehead atoms. The number of hydrogen-bond acceptors (Lipinski definition) is 8. The number of esters is 1. The van der Waals surface area contributed by atoms with Crippen LogP contribution in [-0.4, -0.2) is 81.4 Å². The van der Waals surface area contributed by atoms with Gasteiger partial charge in [0.05, 0.1) is 18.6 Å². The fourth-order valence-corrected chi connectivity index (χ4v) is 5.74. The van der Waals surface area contributed by atoms with Crippen molar-refractivity contribution < 1.29 is 18.8 Å². The van der Waals surface area contributed by atoms with Gasteiger partial charge in [0.1, 0.15) is 0 Å². The molecular formula is C32H36N6O4. The van der Waals surface area contributed by atoms with E-state index in [0.717, 1.165) is 67.8 Å². The van der Waals surface area contributed by atoms with E-state index in [0.29, 0.717) is 36.1 Å². The van der Waals surface area contributed by atoms with Crippen LogP contribution in [0.4, 0.5) is 0 Å². The molecule has 218 valence electrons. The smallest absolute Gasteiger partial charge is 0.316 e. The molecule has 10 heteroatoms. The fourth-order valence-electron chi connectivity index (χ4n) is 5.74. The molecule has 1 aliphatic carbocycles. The number of aromatic nitrogens is 4. The molecule has 1 amide bonds. The second kappa shape index (κ2) is 11.5. The lowest BCUT2D eigenvalue weighted by atomic mass is 9.64. The average molecular weight is 569 g/mol. The molecule has 1 aliphatic heterocycles. The Balaban J connectivity index is 1.15. The molecule has 2 aliphatic rings. The molecule has 2 aromatic heterocycles.